The van der Waals surface area contributed by atoms with Crippen LogP contribution in [0, 0.1) is 23.7 Å². The van der Waals surface area contributed by atoms with Crippen LogP contribution in [0.3, 0.4) is 0 Å². The number of aliphatic hydroxyl groups excluding tert-OH is 1. The second-order valence-corrected chi connectivity index (χ2v) is 32.6. The molecule has 0 spiro atoms. The van der Waals surface area contributed by atoms with Crippen molar-refractivity contribution in [1.29, 1.82) is 0 Å². The minimum absolute atomic E-state index is 0.106. The van der Waals surface area contributed by atoms with E-state index in [0.29, 0.717) is 31.6 Å². The molecular formula is C77H150O17P2. The lowest BCUT2D eigenvalue weighted by Gasteiger charge is -2.21. The molecule has 0 aliphatic rings. The Kier molecular flexibility index (Phi) is 65.0. The fourth-order valence-corrected chi connectivity index (χ4v) is 13.3. The molecule has 0 aromatic carbocycles. The monoisotopic (exact) mass is 1410 g/mol. The van der Waals surface area contributed by atoms with Crippen molar-refractivity contribution < 1.29 is 80.2 Å². The number of aliphatic hydroxyl groups is 1. The number of phosphoric ester groups is 2. The van der Waals surface area contributed by atoms with E-state index < -0.39 is 97.5 Å². The Bertz CT molecular complexity index is 1880. The number of hydrogen-bond acceptors (Lipinski definition) is 15. The van der Waals surface area contributed by atoms with Gasteiger partial charge in [0.15, 0.2) is 12.2 Å². The van der Waals surface area contributed by atoms with Gasteiger partial charge in [-0.15, -0.1) is 0 Å². The Morgan fingerprint density at radius 3 is 0.646 bits per heavy atom. The summed E-state index contributed by atoms with van der Waals surface area (Å²) in [4.78, 5) is 72.8. The van der Waals surface area contributed by atoms with Crippen molar-refractivity contribution in [3.8, 4) is 0 Å². The van der Waals surface area contributed by atoms with Gasteiger partial charge in [-0.2, -0.15) is 0 Å². The number of rotatable bonds is 74. The van der Waals surface area contributed by atoms with Crippen LogP contribution in [0.1, 0.15) is 389 Å². The van der Waals surface area contributed by atoms with Gasteiger partial charge >= 0.3 is 39.5 Å². The Hall–Kier alpha value is -1.94. The van der Waals surface area contributed by atoms with Crippen LogP contribution in [0.4, 0.5) is 0 Å². The summed E-state index contributed by atoms with van der Waals surface area (Å²) in [5.74, 6) is 0.918. The normalized spacial score (nSPS) is 14.1. The predicted octanol–water partition coefficient (Wildman–Crippen LogP) is 22.4. The van der Waals surface area contributed by atoms with Gasteiger partial charge in [0, 0.05) is 25.7 Å². The summed E-state index contributed by atoms with van der Waals surface area (Å²) in [6.45, 7) is 14.2. The Labute approximate surface area is 588 Å². The van der Waals surface area contributed by atoms with Gasteiger partial charge < -0.3 is 33.8 Å². The minimum atomic E-state index is -4.96. The lowest BCUT2D eigenvalue weighted by Crippen LogP contribution is -2.30. The topological polar surface area (TPSA) is 237 Å². The van der Waals surface area contributed by atoms with Crippen LogP contribution in [0.15, 0.2) is 0 Å². The number of phosphoric acid groups is 2. The van der Waals surface area contributed by atoms with E-state index in [-0.39, 0.29) is 25.7 Å². The van der Waals surface area contributed by atoms with E-state index in [1.807, 2.05) is 0 Å². The second-order valence-electron chi connectivity index (χ2n) is 29.7. The third-order valence-electron chi connectivity index (χ3n) is 17.8. The third-order valence-corrected chi connectivity index (χ3v) is 19.7. The Morgan fingerprint density at radius 1 is 0.260 bits per heavy atom. The standard InChI is InChI=1S/C77H150O17P2/c1-67(2)53-45-37-29-22-16-13-11-9-10-12-14-18-26-34-43-51-59-76(81)94-73(64-88-75(80)58-50-42-36-28-32-40-48-56-70(7)8)66-92-96(85,86)90-62-71(78)61-89-95(83,84)91-65-72(63-87-74(79)57-49-41-33-25-21-20-24-31-39-47-55-69(5)6)93-77(82)60-52-44-35-27-19-15-17-23-30-38-46-54-68(3)4/h67-73,78H,9-66H2,1-8H3,(H,83,84)(H,85,86)/t71?,72-,73-/m1/s1. The number of ether oxygens (including phenoxy) is 4. The zero-order valence-electron chi connectivity index (χ0n) is 63.0. The van der Waals surface area contributed by atoms with E-state index >= 15 is 0 Å². The molecule has 0 bridgehead atoms. The average Bonchev–Trinajstić information content (AvgIpc) is 1.11. The Balaban J connectivity index is 5.23. The number of hydrogen-bond donors (Lipinski definition) is 3. The van der Waals surface area contributed by atoms with E-state index in [9.17, 15) is 43.2 Å². The Morgan fingerprint density at radius 2 is 0.438 bits per heavy atom. The zero-order valence-corrected chi connectivity index (χ0v) is 64.8. The molecule has 0 saturated heterocycles. The smallest absolute Gasteiger partial charge is 0.462 e. The first-order valence-electron chi connectivity index (χ1n) is 39.7. The largest absolute Gasteiger partial charge is 0.472 e. The van der Waals surface area contributed by atoms with Crippen LogP contribution < -0.4 is 0 Å². The first-order valence-corrected chi connectivity index (χ1v) is 42.7. The summed E-state index contributed by atoms with van der Waals surface area (Å²) in [5.41, 5.74) is 0. The average molecular weight is 1410 g/mol. The summed E-state index contributed by atoms with van der Waals surface area (Å²) in [6, 6.07) is 0. The van der Waals surface area contributed by atoms with Crippen molar-refractivity contribution in [2.75, 3.05) is 39.6 Å². The van der Waals surface area contributed by atoms with E-state index in [2.05, 4.69) is 55.4 Å². The van der Waals surface area contributed by atoms with Crippen molar-refractivity contribution in [2.24, 2.45) is 23.7 Å². The molecule has 0 saturated carbocycles. The maximum absolute atomic E-state index is 13.1. The van der Waals surface area contributed by atoms with E-state index in [1.54, 1.807) is 0 Å². The molecular weight excluding hydrogens is 1260 g/mol. The SMILES string of the molecule is CC(C)CCCCCCCCCCCCCCCCCCC(=O)O[C@H](COC(=O)CCCCCCCCCC(C)C)COP(=O)(O)OCC(O)COP(=O)(O)OC[C@@H](COC(=O)CCCCCCCCCCCCC(C)C)OC(=O)CCCCCCCCCCCCCC(C)C. The highest BCUT2D eigenvalue weighted by molar-refractivity contribution is 7.47. The van der Waals surface area contributed by atoms with E-state index in [4.69, 9.17) is 37.0 Å². The van der Waals surface area contributed by atoms with Crippen LogP contribution >= 0.6 is 15.6 Å². The summed E-state index contributed by atoms with van der Waals surface area (Å²) in [5, 5.41) is 10.6. The molecule has 0 heterocycles. The molecule has 96 heavy (non-hydrogen) atoms. The summed E-state index contributed by atoms with van der Waals surface area (Å²) in [7, 11) is -9.91. The van der Waals surface area contributed by atoms with Gasteiger partial charge in [-0.3, -0.25) is 37.3 Å². The fourth-order valence-electron chi connectivity index (χ4n) is 11.7. The van der Waals surface area contributed by atoms with Gasteiger partial charge in [0.05, 0.1) is 26.4 Å². The van der Waals surface area contributed by atoms with Crippen LogP contribution in [0.2, 0.25) is 0 Å². The van der Waals surface area contributed by atoms with Crippen molar-refractivity contribution in [3.05, 3.63) is 0 Å². The van der Waals surface area contributed by atoms with Crippen molar-refractivity contribution in [3.63, 3.8) is 0 Å². The van der Waals surface area contributed by atoms with E-state index in [1.165, 1.54) is 186 Å². The van der Waals surface area contributed by atoms with Gasteiger partial charge in [0.25, 0.3) is 0 Å². The predicted molar refractivity (Wildman–Crippen MR) is 391 cm³/mol. The number of unbranched alkanes of at least 4 members (excludes halogenated alkanes) is 40. The van der Waals surface area contributed by atoms with Crippen LogP contribution in [-0.2, 0) is 65.4 Å². The first-order chi connectivity index (χ1) is 46.1. The summed E-state index contributed by atoms with van der Waals surface area (Å²) >= 11 is 0. The molecule has 0 rings (SSSR count). The third kappa shape index (κ3) is 70.5. The quantitative estimate of drug-likeness (QED) is 0.0222. The molecule has 0 radical (unpaired) electrons. The molecule has 19 heteroatoms. The highest BCUT2D eigenvalue weighted by atomic mass is 31.2. The molecule has 570 valence electrons. The van der Waals surface area contributed by atoms with Crippen molar-refractivity contribution in [1.82, 2.24) is 0 Å². The number of carbonyl (C=O) groups excluding carboxylic acids is 4. The van der Waals surface area contributed by atoms with Gasteiger partial charge in [-0.1, -0.05) is 338 Å². The van der Waals surface area contributed by atoms with Crippen molar-refractivity contribution in [2.45, 2.75) is 408 Å². The molecule has 0 aliphatic heterocycles. The molecule has 17 nitrogen and oxygen atoms in total. The fraction of sp³-hybridized carbons (Fsp3) is 0.948. The molecule has 0 amide bonds. The zero-order chi connectivity index (χ0) is 71.0. The number of esters is 4. The first kappa shape index (κ1) is 94.1. The molecule has 3 unspecified atom stereocenters. The maximum atomic E-state index is 13.1. The molecule has 0 aromatic rings. The minimum Gasteiger partial charge on any atom is -0.462 e. The lowest BCUT2D eigenvalue weighted by atomic mass is 10.0. The van der Waals surface area contributed by atoms with Gasteiger partial charge in [-0.05, 0) is 49.4 Å². The molecule has 3 N–H and O–H groups in total. The molecule has 0 fully saturated rings. The summed E-state index contributed by atoms with van der Waals surface area (Å²) < 4.78 is 68.6. The van der Waals surface area contributed by atoms with Gasteiger partial charge in [-0.25, -0.2) is 9.13 Å². The second kappa shape index (κ2) is 66.3. The lowest BCUT2D eigenvalue weighted by molar-refractivity contribution is -0.161. The van der Waals surface area contributed by atoms with Gasteiger partial charge in [0.2, 0.25) is 0 Å². The van der Waals surface area contributed by atoms with Gasteiger partial charge in [0.1, 0.15) is 19.3 Å². The number of carbonyl (C=O) groups is 4. The van der Waals surface area contributed by atoms with Crippen LogP contribution in [0.25, 0.3) is 0 Å². The highest BCUT2D eigenvalue weighted by Crippen LogP contribution is 2.45. The van der Waals surface area contributed by atoms with Crippen molar-refractivity contribution >= 4 is 39.5 Å². The molecule has 5 atom stereocenters. The molecule has 0 aliphatic carbocycles. The summed E-state index contributed by atoms with van der Waals surface area (Å²) in [6.07, 6.45) is 51.4. The maximum Gasteiger partial charge on any atom is 0.472 e. The van der Waals surface area contributed by atoms with E-state index in [0.717, 1.165) is 114 Å². The molecule has 0 aromatic heterocycles. The van der Waals surface area contributed by atoms with Crippen LogP contribution in [0.5, 0.6) is 0 Å². The highest BCUT2D eigenvalue weighted by Gasteiger charge is 2.30. The van der Waals surface area contributed by atoms with Crippen LogP contribution in [-0.4, -0.2) is 96.7 Å².